The van der Waals surface area contributed by atoms with Gasteiger partial charge in [-0.05, 0) is 41.1 Å². The van der Waals surface area contributed by atoms with Gasteiger partial charge < -0.3 is 14.6 Å². The van der Waals surface area contributed by atoms with Crippen LogP contribution in [0.15, 0.2) is 30.4 Å². The van der Waals surface area contributed by atoms with Gasteiger partial charge in [-0.3, -0.25) is 0 Å². The molecule has 3 rings (SSSR count). The molecule has 1 heterocycles. The van der Waals surface area contributed by atoms with Crippen molar-refractivity contribution in [3.05, 3.63) is 41.5 Å². The minimum Gasteiger partial charge on any atom is -0.489 e. The third kappa shape index (κ3) is 1.88. The van der Waals surface area contributed by atoms with E-state index in [9.17, 15) is 5.11 Å². The Bertz CT molecular complexity index is 496. The van der Waals surface area contributed by atoms with E-state index in [4.69, 9.17) is 9.47 Å². The Balaban J connectivity index is 1.97. The van der Waals surface area contributed by atoms with Crippen LogP contribution in [0.5, 0.6) is 5.75 Å². The lowest BCUT2D eigenvalue weighted by Gasteiger charge is -2.21. The highest BCUT2D eigenvalue weighted by Crippen LogP contribution is 2.45. The molecule has 0 fully saturated rings. The first kappa shape index (κ1) is 12.2. The molecular weight excluding hydrogens is 296 g/mol. The first-order valence-corrected chi connectivity index (χ1v) is 6.94. The second-order valence-corrected chi connectivity index (χ2v) is 5.67. The molecule has 4 heteroatoms. The van der Waals surface area contributed by atoms with Crippen molar-refractivity contribution in [1.29, 1.82) is 0 Å². The van der Waals surface area contributed by atoms with Gasteiger partial charge in [0.25, 0.3) is 4.70 Å². The van der Waals surface area contributed by atoms with Gasteiger partial charge in [0.1, 0.15) is 11.9 Å². The molecule has 0 radical (unpaired) electrons. The lowest BCUT2D eigenvalue weighted by atomic mass is 9.97. The molecule has 1 aliphatic heterocycles. The van der Waals surface area contributed by atoms with Crippen molar-refractivity contribution in [2.45, 2.75) is 30.1 Å². The average Bonchev–Trinajstić information content (AvgIpc) is 2.87. The lowest BCUT2D eigenvalue weighted by molar-refractivity contribution is -0.126. The van der Waals surface area contributed by atoms with Crippen molar-refractivity contribution in [3.63, 3.8) is 0 Å². The minimum absolute atomic E-state index is 0.228. The van der Waals surface area contributed by atoms with Crippen LogP contribution in [0.2, 0.25) is 0 Å². The van der Waals surface area contributed by atoms with Crippen LogP contribution in [0.25, 0.3) is 0 Å². The molecule has 0 bridgehead atoms. The molecule has 3 nitrogen and oxygen atoms in total. The highest BCUT2D eigenvalue weighted by molar-refractivity contribution is 9.09. The summed E-state index contributed by atoms with van der Waals surface area (Å²) >= 11 is 3.21. The van der Waals surface area contributed by atoms with Crippen LogP contribution in [-0.4, -0.2) is 17.8 Å². The maximum Gasteiger partial charge on any atom is 0.251 e. The van der Waals surface area contributed by atoms with Crippen LogP contribution in [0, 0.1) is 0 Å². The van der Waals surface area contributed by atoms with Crippen LogP contribution in [0.1, 0.15) is 30.4 Å². The monoisotopic (exact) mass is 310 g/mol. The first-order valence-electron chi connectivity index (χ1n) is 6.15. The van der Waals surface area contributed by atoms with Gasteiger partial charge in [-0.15, -0.1) is 0 Å². The highest BCUT2D eigenvalue weighted by Gasteiger charge is 2.36. The standard InChI is InChI=1S/C14H15BrO3/c1-2-17-14(15,16)9-6-7-13-11(8-9)10-4-3-5-12(10)18-13/h3-4,6-8,10,12,16H,2,5H2,1H3/t10-,12-,14?/m1/s1. The summed E-state index contributed by atoms with van der Waals surface area (Å²) in [6, 6.07) is 5.69. The molecule has 1 unspecified atom stereocenters. The van der Waals surface area contributed by atoms with Gasteiger partial charge in [0.15, 0.2) is 0 Å². The van der Waals surface area contributed by atoms with E-state index in [1.807, 2.05) is 25.1 Å². The van der Waals surface area contributed by atoms with Gasteiger partial charge in [0.2, 0.25) is 0 Å². The molecule has 3 atom stereocenters. The van der Waals surface area contributed by atoms with E-state index in [2.05, 4.69) is 28.1 Å². The van der Waals surface area contributed by atoms with E-state index < -0.39 is 4.70 Å². The molecule has 1 aromatic carbocycles. The zero-order valence-corrected chi connectivity index (χ0v) is 11.7. The van der Waals surface area contributed by atoms with Crippen LogP contribution < -0.4 is 4.74 Å². The van der Waals surface area contributed by atoms with E-state index in [-0.39, 0.29) is 6.10 Å². The van der Waals surface area contributed by atoms with E-state index >= 15 is 0 Å². The highest BCUT2D eigenvalue weighted by atomic mass is 79.9. The third-order valence-corrected chi connectivity index (χ3v) is 4.14. The molecule has 0 saturated carbocycles. The Hall–Kier alpha value is -0.840. The van der Waals surface area contributed by atoms with E-state index in [0.29, 0.717) is 18.1 Å². The van der Waals surface area contributed by atoms with Crippen LogP contribution in [-0.2, 0) is 9.43 Å². The number of hydrogen-bond acceptors (Lipinski definition) is 3. The smallest absolute Gasteiger partial charge is 0.251 e. The van der Waals surface area contributed by atoms with Gasteiger partial charge in [-0.25, -0.2) is 0 Å². The summed E-state index contributed by atoms with van der Waals surface area (Å²) in [5.41, 5.74) is 1.83. The van der Waals surface area contributed by atoms with Crippen LogP contribution in [0.4, 0.5) is 0 Å². The van der Waals surface area contributed by atoms with Gasteiger partial charge in [-0.2, -0.15) is 0 Å². The number of fused-ring (bicyclic) bond motifs is 3. The molecule has 1 aromatic rings. The van der Waals surface area contributed by atoms with Crippen molar-refractivity contribution >= 4 is 15.9 Å². The summed E-state index contributed by atoms with van der Waals surface area (Å²) in [5, 5.41) is 10.2. The Kier molecular flexibility index (Phi) is 2.96. The van der Waals surface area contributed by atoms with Crippen molar-refractivity contribution in [3.8, 4) is 5.75 Å². The average molecular weight is 311 g/mol. The number of rotatable bonds is 3. The SMILES string of the molecule is CCOC(O)(Br)c1ccc2c(c1)[C@H]1C=CC[C@H]1O2. The first-order chi connectivity index (χ1) is 8.62. The van der Waals surface area contributed by atoms with E-state index in [0.717, 1.165) is 17.7 Å². The fraction of sp³-hybridized carbons (Fsp3) is 0.429. The second kappa shape index (κ2) is 4.37. The normalized spacial score (nSPS) is 27.5. The summed E-state index contributed by atoms with van der Waals surface area (Å²) in [6.07, 6.45) is 5.51. The topological polar surface area (TPSA) is 38.7 Å². The zero-order valence-electron chi connectivity index (χ0n) is 10.1. The number of ether oxygens (including phenoxy) is 2. The maximum atomic E-state index is 10.2. The van der Waals surface area contributed by atoms with E-state index in [1.54, 1.807) is 0 Å². The third-order valence-electron chi connectivity index (χ3n) is 3.45. The Morgan fingerprint density at radius 2 is 2.39 bits per heavy atom. The number of halogens is 1. The molecular formula is C14H15BrO3. The van der Waals surface area contributed by atoms with Gasteiger partial charge in [-0.1, -0.05) is 12.2 Å². The van der Waals surface area contributed by atoms with E-state index in [1.165, 1.54) is 0 Å². The second-order valence-electron chi connectivity index (χ2n) is 4.59. The zero-order chi connectivity index (χ0) is 12.8. The maximum absolute atomic E-state index is 10.2. The fourth-order valence-electron chi connectivity index (χ4n) is 2.60. The molecule has 0 aromatic heterocycles. The van der Waals surface area contributed by atoms with Crippen molar-refractivity contribution < 1.29 is 14.6 Å². The molecule has 18 heavy (non-hydrogen) atoms. The van der Waals surface area contributed by atoms with Crippen molar-refractivity contribution in [2.75, 3.05) is 6.61 Å². The molecule has 0 amide bonds. The van der Waals surface area contributed by atoms with Gasteiger partial charge in [0, 0.05) is 30.1 Å². The van der Waals surface area contributed by atoms with Gasteiger partial charge >= 0.3 is 0 Å². The molecule has 0 saturated heterocycles. The summed E-state index contributed by atoms with van der Waals surface area (Å²) < 4.78 is 9.74. The molecule has 1 N–H and O–H groups in total. The number of benzene rings is 1. The molecule has 1 aliphatic carbocycles. The number of hydrogen-bond donors (Lipinski definition) is 1. The van der Waals surface area contributed by atoms with Crippen molar-refractivity contribution in [1.82, 2.24) is 0 Å². The molecule has 96 valence electrons. The summed E-state index contributed by atoms with van der Waals surface area (Å²) in [6.45, 7) is 2.28. The predicted molar refractivity (Wildman–Crippen MR) is 71.8 cm³/mol. The molecule has 0 spiro atoms. The number of aliphatic hydroxyl groups is 1. The quantitative estimate of drug-likeness (QED) is 0.530. The van der Waals surface area contributed by atoms with Gasteiger partial charge in [0.05, 0.1) is 0 Å². The summed E-state index contributed by atoms with van der Waals surface area (Å²) in [4.78, 5) is 0. The number of alkyl halides is 1. The fourth-order valence-corrected chi connectivity index (χ4v) is 3.08. The largest absolute Gasteiger partial charge is 0.489 e. The van der Waals surface area contributed by atoms with Crippen LogP contribution in [0.3, 0.4) is 0 Å². The Labute approximate surface area is 115 Å². The Morgan fingerprint density at radius 3 is 3.17 bits per heavy atom. The lowest BCUT2D eigenvalue weighted by Crippen LogP contribution is -2.21. The Morgan fingerprint density at radius 1 is 1.56 bits per heavy atom. The predicted octanol–water partition coefficient (Wildman–Crippen LogP) is 3.03. The minimum atomic E-state index is -1.42. The van der Waals surface area contributed by atoms with Crippen LogP contribution >= 0.6 is 15.9 Å². The summed E-state index contributed by atoms with van der Waals surface area (Å²) in [7, 11) is 0. The van der Waals surface area contributed by atoms with Crippen molar-refractivity contribution in [2.24, 2.45) is 0 Å². The summed E-state index contributed by atoms with van der Waals surface area (Å²) in [5.74, 6) is 1.22. The molecule has 2 aliphatic rings.